The maximum atomic E-state index is 5.31. The average molecular weight is 292 g/mol. The summed E-state index contributed by atoms with van der Waals surface area (Å²) in [5, 5.41) is 7.30. The fourth-order valence-electron chi connectivity index (χ4n) is 1.90. The molecule has 112 valence electrons. The number of hydrogen-bond donors (Lipinski definition) is 2. The molecule has 1 aromatic carbocycles. The van der Waals surface area contributed by atoms with Crippen molar-refractivity contribution in [3.63, 3.8) is 0 Å². The van der Waals surface area contributed by atoms with Gasteiger partial charge in [-0.05, 0) is 41.6 Å². The van der Waals surface area contributed by atoms with E-state index in [1.807, 2.05) is 0 Å². The van der Waals surface area contributed by atoms with E-state index in [0.29, 0.717) is 5.92 Å². The molecule has 2 N–H and O–H groups in total. The summed E-state index contributed by atoms with van der Waals surface area (Å²) in [5.41, 5.74) is 2.81. The van der Waals surface area contributed by atoms with Gasteiger partial charge in [0.15, 0.2) is 5.11 Å². The molecular formula is C17H28N2S. The third-order valence-corrected chi connectivity index (χ3v) is 3.56. The third-order valence-electron chi connectivity index (χ3n) is 3.30. The Labute approximate surface area is 129 Å². The molecule has 0 saturated heterocycles. The first-order valence-electron chi connectivity index (χ1n) is 7.35. The molecule has 0 amide bonds. The maximum absolute atomic E-state index is 5.31. The van der Waals surface area contributed by atoms with Gasteiger partial charge in [-0.1, -0.05) is 58.9 Å². The van der Waals surface area contributed by atoms with Gasteiger partial charge in [-0.15, -0.1) is 0 Å². The summed E-state index contributed by atoms with van der Waals surface area (Å²) in [4.78, 5) is 0. The Kier molecular flexibility index (Phi) is 6.00. The van der Waals surface area contributed by atoms with Crippen molar-refractivity contribution in [1.29, 1.82) is 0 Å². The number of rotatable bonds is 4. The van der Waals surface area contributed by atoms with E-state index in [4.69, 9.17) is 12.2 Å². The van der Waals surface area contributed by atoms with Crippen molar-refractivity contribution in [2.75, 3.05) is 6.54 Å². The number of thiocarbonyl (C=S) groups is 1. The van der Waals surface area contributed by atoms with Crippen molar-refractivity contribution in [1.82, 2.24) is 10.6 Å². The van der Waals surface area contributed by atoms with E-state index in [1.54, 1.807) is 0 Å². The highest BCUT2D eigenvalue weighted by Gasteiger charge is 2.14. The quantitative estimate of drug-likeness (QED) is 0.815. The molecule has 0 spiro atoms. The predicted octanol–water partition coefficient (Wildman–Crippen LogP) is 4.17. The van der Waals surface area contributed by atoms with Gasteiger partial charge >= 0.3 is 0 Å². The molecule has 3 heteroatoms. The highest BCUT2D eigenvalue weighted by molar-refractivity contribution is 7.80. The van der Waals surface area contributed by atoms with E-state index in [0.717, 1.165) is 11.7 Å². The second-order valence-corrected chi connectivity index (χ2v) is 7.25. The molecule has 0 aliphatic rings. The Bertz CT molecular complexity index is 429. The first kappa shape index (κ1) is 17.0. The largest absolute Gasteiger partial charge is 0.362 e. The first-order chi connectivity index (χ1) is 9.20. The van der Waals surface area contributed by atoms with E-state index in [-0.39, 0.29) is 11.5 Å². The van der Waals surface area contributed by atoms with Crippen LogP contribution in [-0.4, -0.2) is 11.7 Å². The van der Waals surface area contributed by atoms with Crippen LogP contribution in [0, 0.1) is 5.92 Å². The molecule has 0 bridgehead atoms. The Morgan fingerprint density at radius 3 is 2.10 bits per heavy atom. The van der Waals surface area contributed by atoms with Crippen LogP contribution in [-0.2, 0) is 5.41 Å². The van der Waals surface area contributed by atoms with Gasteiger partial charge in [-0.25, -0.2) is 0 Å². The number of hydrogen-bond acceptors (Lipinski definition) is 1. The van der Waals surface area contributed by atoms with Crippen molar-refractivity contribution < 1.29 is 0 Å². The van der Waals surface area contributed by atoms with Crippen LogP contribution < -0.4 is 10.6 Å². The molecule has 0 aliphatic heterocycles. The smallest absolute Gasteiger partial charge is 0.166 e. The van der Waals surface area contributed by atoms with E-state index in [1.165, 1.54) is 11.1 Å². The Morgan fingerprint density at radius 1 is 1.10 bits per heavy atom. The number of nitrogens with one attached hydrogen (secondary N) is 2. The summed E-state index contributed by atoms with van der Waals surface area (Å²) in [6, 6.07) is 9.00. The molecule has 1 aromatic rings. The Balaban J connectivity index is 2.60. The zero-order valence-corrected chi connectivity index (χ0v) is 14.4. The van der Waals surface area contributed by atoms with Crippen LogP contribution in [0.2, 0.25) is 0 Å². The molecule has 0 radical (unpaired) electrons. The van der Waals surface area contributed by atoms with E-state index >= 15 is 0 Å². The fourth-order valence-corrected chi connectivity index (χ4v) is 2.16. The van der Waals surface area contributed by atoms with Crippen LogP contribution in [0.15, 0.2) is 24.3 Å². The standard InChI is InChI=1S/C17H28N2S/c1-12(2)11-18-16(20)19-13(3)14-7-9-15(10-8-14)17(4,5)6/h7-10,12-13H,11H2,1-6H3,(H2,18,19,20). The van der Waals surface area contributed by atoms with Gasteiger partial charge in [0, 0.05) is 6.54 Å². The van der Waals surface area contributed by atoms with Crippen LogP contribution in [0.5, 0.6) is 0 Å². The minimum Gasteiger partial charge on any atom is -0.362 e. The average Bonchev–Trinajstić information content (AvgIpc) is 2.35. The SMILES string of the molecule is CC(C)CNC(=S)NC(C)c1ccc(C(C)(C)C)cc1. The zero-order valence-electron chi connectivity index (χ0n) is 13.6. The van der Waals surface area contributed by atoms with Gasteiger partial charge in [0.05, 0.1) is 6.04 Å². The lowest BCUT2D eigenvalue weighted by atomic mass is 9.86. The van der Waals surface area contributed by atoms with Crippen LogP contribution >= 0.6 is 12.2 Å². The summed E-state index contributed by atoms with van der Waals surface area (Å²) in [7, 11) is 0. The second kappa shape index (κ2) is 7.07. The van der Waals surface area contributed by atoms with E-state index < -0.39 is 0 Å². The van der Waals surface area contributed by atoms with Crippen LogP contribution in [0.25, 0.3) is 0 Å². The van der Waals surface area contributed by atoms with E-state index in [2.05, 4.69) is 76.4 Å². The summed E-state index contributed by atoms with van der Waals surface area (Å²) < 4.78 is 0. The predicted molar refractivity (Wildman–Crippen MR) is 92.1 cm³/mol. The van der Waals surface area contributed by atoms with Crippen molar-refractivity contribution in [3.05, 3.63) is 35.4 Å². The molecule has 0 aromatic heterocycles. The summed E-state index contributed by atoms with van der Waals surface area (Å²) in [6.07, 6.45) is 0. The Hall–Kier alpha value is -1.09. The molecule has 0 fully saturated rings. The lowest BCUT2D eigenvalue weighted by molar-refractivity contribution is 0.588. The maximum Gasteiger partial charge on any atom is 0.166 e. The molecule has 0 aliphatic carbocycles. The van der Waals surface area contributed by atoms with Gasteiger partial charge in [-0.3, -0.25) is 0 Å². The number of benzene rings is 1. The first-order valence-corrected chi connectivity index (χ1v) is 7.75. The van der Waals surface area contributed by atoms with Crippen molar-refractivity contribution in [2.45, 2.75) is 53.0 Å². The second-order valence-electron chi connectivity index (χ2n) is 6.84. The molecule has 1 rings (SSSR count). The lowest BCUT2D eigenvalue weighted by Crippen LogP contribution is -2.38. The molecule has 0 heterocycles. The third kappa shape index (κ3) is 5.49. The molecule has 1 unspecified atom stereocenters. The van der Waals surface area contributed by atoms with Gasteiger partial charge in [0.2, 0.25) is 0 Å². The van der Waals surface area contributed by atoms with Gasteiger partial charge in [-0.2, -0.15) is 0 Å². The molecule has 2 nitrogen and oxygen atoms in total. The highest BCUT2D eigenvalue weighted by Crippen LogP contribution is 2.23. The topological polar surface area (TPSA) is 24.1 Å². The van der Waals surface area contributed by atoms with Gasteiger partial charge in [0.25, 0.3) is 0 Å². The molecular weight excluding hydrogens is 264 g/mol. The van der Waals surface area contributed by atoms with Crippen molar-refractivity contribution in [3.8, 4) is 0 Å². The zero-order chi connectivity index (χ0) is 15.3. The fraction of sp³-hybridized carbons (Fsp3) is 0.588. The lowest BCUT2D eigenvalue weighted by Gasteiger charge is -2.21. The monoisotopic (exact) mass is 292 g/mol. The minimum atomic E-state index is 0.198. The molecule has 20 heavy (non-hydrogen) atoms. The molecule has 0 saturated carbocycles. The molecule has 1 atom stereocenters. The van der Waals surface area contributed by atoms with Gasteiger partial charge in [0.1, 0.15) is 0 Å². The minimum absolute atomic E-state index is 0.198. The van der Waals surface area contributed by atoms with Crippen molar-refractivity contribution >= 4 is 17.3 Å². The van der Waals surface area contributed by atoms with Gasteiger partial charge < -0.3 is 10.6 Å². The van der Waals surface area contributed by atoms with E-state index in [9.17, 15) is 0 Å². The summed E-state index contributed by atoms with van der Waals surface area (Å²) >= 11 is 5.31. The highest BCUT2D eigenvalue weighted by atomic mass is 32.1. The van der Waals surface area contributed by atoms with Crippen LogP contribution in [0.3, 0.4) is 0 Å². The Morgan fingerprint density at radius 2 is 1.65 bits per heavy atom. The van der Waals surface area contributed by atoms with Crippen molar-refractivity contribution in [2.24, 2.45) is 5.92 Å². The van der Waals surface area contributed by atoms with Crippen LogP contribution in [0.4, 0.5) is 0 Å². The van der Waals surface area contributed by atoms with Crippen LogP contribution in [0.1, 0.15) is 58.7 Å². The summed E-state index contributed by atoms with van der Waals surface area (Å²) in [5.74, 6) is 0.594. The normalized spacial score (nSPS) is 13.2. The summed E-state index contributed by atoms with van der Waals surface area (Å²) in [6.45, 7) is 14.1.